The minimum Gasteiger partial charge on any atom is -0.465 e. The van der Waals surface area contributed by atoms with Crippen LogP contribution in [0.15, 0.2) is 65.7 Å². The van der Waals surface area contributed by atoms with Crippen LogP contribution in [0.1, 0.15) is 27.9 Å². The maximum absolute atomic E-state index is 14.8. The molecular formula is C29H28F2N4O3. The third-order valence-electron chi connectivity index (χ3n) is 6.88. The molecule has 0 spiro atoms. The molecule has 1 heterocycles. The molecule has 2 aliphatic rings. The van der Waals surface area contributed by atoms with Crippen molar-refractivity contribution in [2.24, 2.45) is 16.8 Å². The minimum atomic E-state index is -0.836. The van der Waals surface area contributed by atoms with Gasteiger partial charge in [-0.05, 0) is 59.9 Å². The Hall–Kier alpha value is -4.27. The lowest BCUT2D eigenvalue weighted by molar-refractivity contribution is -0.122. The van der Waals surface area contributed by atoms with Crippen molar-refractivity contribution < 1.29 is 23.1 Å². The maximum atomic E-state index is 14.8. The van der Waals surface area contributed by atoms with Crippen LogP contribution in [0.5, 0.6) is 0 Å². The maximum Gasteiger partial charge on any atom is 0.341 e. The van der Waals surface area contributed by atoms with Crippen molar-refractivity contribution >= 4 is 23.4 Å². The van der Waals surface area contributed by atoms with E-state index in [1.165, 1.54) is 24.3 Å². The number of hydrogen-bond donors (Lipinski definition) is 3. The molecule has 196 valence electrons. The van der Waals surface area contributed by atoms with Crippen molar-refractivity contribution in [1.29, 1.82) is 0 Å². The number of methoxy groups -OCH3 is 1. The number of anilines is 1. The Morgan fingerprint density at radius 2 is 1.84 bits per heavy atom. The molecule has 0 radical (unpaired) electrons. The average Bonchev–Trinajstić information content (AvgIpc) is 3.51. The van der Waals surface area contributed by atoms with Crippen molar-refractivity contribution in [3.05, 3.63) is 89.0 Å². The third kappa shape index (κ3) is 5.51. The van der Waals surface area contributed by atoms with Gasteiger partial charge in [-0.2, -0.15) is 0 Å². The molecule has 9 heteroatoms. The molecule has 5 rings (SSSR count). The van der Waals surface area contributed by atoms with Crippen molar-refractivity contribution in [3.8, 4) is 11.1 Å². The number of esters is 1. The fraction of sp³-hybridized carbons (Fsp3) is 0.276. The van der Waals surface area contributed by atoms with Crippen LogP contribution in [0.4, 0.5) is 14.5 Å². The van der Waals surface area contributed by atoms with Crippen LogP contribution in [-0.4, -0.2) is 44.5 Å². The van der Waals surface area contributed by atoms with E-state index in [0.717, 1.165) is 49.8 Å². The fourth-order valence-corrected chi connectivity index (χ4v) is 4.63. The van der Waals surface area contributed by atoms with E-state index >= 15 is 0 Å². The first-order chi connectivity index (χ1) is 18.4. The lowest BCUT2D eigenvalue weighted by Crippen LogP contribution is -2.26. The molecule has 2 atom stereocenters. The third-order valence-corrected chi connectivity index (χ3v) is 6.88. The number of aliphatic imine (C=N–C) groups is 1. The highest BCUT2D eigenvalue weighted by molar-refractivity contribution is 6.00. The standard InChI is InChI=1S/C29H28F2N4O3/c1-38-29(37)26-22(3-2-4-24(26)30)18-5-6-19(25(31)14-18)15-35-28(36)23-13-20(23)16-34-21-9-7-17(8-10-21)27-32-11-12-33-27/h2-10,14,20,23,34H,11-13,15-16H2,1H3,(H,32,33)(H,35,36). The normalized spacial score (nSPS) is 17.8. The van der Waals surface area contributed by atoms with Gasteiger partial charge >= 0.3 is 5.97 Å². The van der Waals surface area contributed by atoms with E-state index in [-0.39, 0.29) is 35.4 Å². The number of benzene rings is 3. The quantitative estimate of drug-likeness (QED) is 0.371. The Morgan fingerprint density at radius 3 is 2.55 bits per heavy atom. The number of hydrogen-bond acceptors (Lipinski definition) is 6. The molecule has 38 heavy (non-hydrogen) atoms. The van der Waals surface area contributed by atoms with Gasteiger partial charge in [0.2, 0.25) is 5.91 Å². The van der Waals surface area contributed by atoms with Gasteiger partial charge in [-0.3, -0.25) is 9.79 Å². The van der Waals surface area contributed by atoms with Gasteiger partial charge in [0, 0.05) is 42.4 Å². The van der Waals surface area contributed by atoms with Crippen molar-refractivity contribution in [3.63, 3.8) is 0 Å². The molecule has 1 amide bonds. The van der Waals surface area contributed by atoms with Gasteiger partial charge in [-0.25, -0.2) is 13.6 Å². The number of rotatable bonds is 9. The number of nitrogens with zero attached hydrogens (tertiary/aromatic N) is 1. The number of halogens is 2. The molecule has 1 fully saturated rings. The first-order valence-corrected chi connectivity index (χ1v) is 12.5. The van der Waals surface area contributed by atoms with E-state index in [0.29, 0.717) is 17.7 Å². The number of nitrogens with one attached hydrogen (secondary N) is 3. The van der Waals surface area contributed by atoms with Crippen LogP contribution in [-0.2, 0) is 16.1 Å². The highest BCUT2D eigenvalue weighted by Gasteiger charge is 2.42. The van der Waals surface area contributed by atoms with Crippen LogP contribution >= 0.6 is 0 Å². The molecular weight excluding hydrogens is 490 g/mol. The van der Waals surface area contributed by atoms with Crippen molar-refractivity contribution in [2.45, 2.75) is 13.0 Å². The summed E-state index contributed by atoms with van der Waals surface area (Å²) in [7, 11) is 1.16. The van der Waals surface area contributed by atoms with Gasteiger partial charge in [0.25, 0.3) is 0 Å². The number of ether oxygens (including phenoxy) is 1. The first-order valence-electron chi connectivity index (χ1n) is 12.5. The number of amides is 1. The number of carbonyl (C=O) groups excluding carboxylic acids is 2. The molecule has 3 N–H and O–H groups in total. The Morgan fingerprint density at radius 1 is 1.05 bits per heavy atom. The average molecular weight is 519 g/mol. The molecule has 7 nitrogen and oxygen atoms in total. The fourth-order valence-electron chi connectivity index (χ4n) is 4.63. The summed E-state index contributed by atoms with van der Waals surface area (Å²) >= 11 is 0. The van der Waals surface area contributed by atoms with E-state index in [4.69, 9.17) is 0 Å². The molecule has 1 saturated carbocycles. The Kier molecular flexibility index (Phi) is 7.35. The summed E-state index contributed by atoms with van der Waals surface area (Å²) in [6, 6.07) is 16.5. The van der Waals surface area contributed by atoms with Gasteiger partial charge in [0.15, 0.2) is 0 Å². The molecule has 0 saturated heterocycles. The van der Waals surface area contributed by atoms with E-state index in [9.17, 15) is 18.4 Å². The Balaban J connectivity index is 1.13. The summed E-state index contributed by atoms with van der Waals surface area (Å²) in [6.45, 7) is 2.38. The van der Waals surface area contributed by atoms with Crippen LogP contribution in [0.2, 0.25) is 0 Å². The largest absolute Gasteiger partial charge is 0.465 e. The van der Waals surface area contributed by atoms with E-state index in [1.54, 1.807) is 6.07 Å². The summed E-state index contributed by atoms with van der Waals surface area (Å²) in [5.74, 6) is -1.23. The van der Waals surface area contributed by atoms with Gasteiger partial charge in [-0.1, -0.05) is 24.3 Å². The SMILES string of the molecule is COC(=O)c1c(F)cccc1-c1ccc(CNC(=O)C2CC2CNc2ccc(C3=NCCN3)cc2)c(F)c1. The van der Waals surface area contributed by atoms with Crippen LogP contribution in [0, 0.1) is 23.5 Å². The minimum absolute atomic E-state index is 0.0357. The second-order valence-corrected chi connectivity index (χ2v) is 9.40. The molecule has 1 aliphatic heterocycles. The predicted molar refractivity (Wildman–Crippen MR) is 141 cm³/mol. The first kappa shape index (κ1) is 25.4. The molecule has 3 aromatic carbocycles. The van der Waals surface area contributed by atoms with Crippen molar-refractivity contribution in [1.82, 2.24) is 10.6 Å². The molecule has 1 aliphatic carbocycles. The monoisotopic (exact) mass is 518 g/mol. The lowest BCUT2D eigenvalue weighted by atomic mass is 9.98. The zero-order chi connectivity index (χ0) is 26.6. The Labute approximate surface area is 219 Å². The number of carbonyl (C=O) groups is 2. The summed E-state index contributed by atoms with van der Waals surface area (Å²) in [5.41, 5.74) is 2.66. The highest BCUT2D eigenvalue weighted by atomic mass is 19.1. The van der Waals surface area contributed by atoms with Crippen LogP contribution < -0.4 is 16.0 Å². The molecule has 0 bridgehead atoms. The zero-order valence-electron chi connectivity index (χ0n) is 20.9. The molecule has 0 aromatic heterocycles. The van der Waals surface area contributed by atoms with Gasteiger partial charge in [-0.15, -0.1) is 0 Å². The van der Waals surface area contributed by atoms with E-state index in [1.807, 2.05) is 24.3 Å². The van der Waals surface area contributed by atoms with Gasteiger partial charge < -0.3 is 20.7 Å². The summed E-state index contributed by atoms with van der Waals surface area (Å²) in [4.78, 5) is 29.1. The summed E-state index contributed by atoms with van der Waals surface area (Å²) in [5, 5.41) is 9.44. The van der Waals surface area contributed by atoms with E-state index < -0.39 is 17.6 Å². The summed E-state index contributed by atoms with van der Waals surface area (Å²) in [6.07, 6.45) is 0.773. The second-order valence-electron chi connectivity index (χ2n) is 9.40. The number of amidine groups is 1. The molecule has 2 unspecified atom stereocenters. The zero-order valence-corrected chi connectivity index (χ0v) is 20.9. The van der Waals surface area contributed by atoms with Crippen LogP contribution in [0.25, 0.3) is 11.1 Å². The van der Waals surface area contributed by atoms with Gasteiger partial charge in [0.1, 0.15) is 23.0 Å². The molecule has 3 aromatic rings. The smallest absolute Gasteiger partial charge is 0.341 e. The second kappa shape index (κ2) is 11.0. The predicted octanol–water partition coefficient (Wildman–Crippen LogP) is 4.13. The van der Waals surface area contributed by atoms with E-state index in [2.05, 4.69) is 25.7 Å². The Bertz CT molecular complexity index is 1390. The topological polar surface area (TPSA) is 91.8 Å². The van der Waals surface area contributed by atoms with Crippen molar-refractivity contribution in [2.75, 3.05) is 32.1 Å². The highest BCUT2D eigenvalue weighted by Crippen LogP contribution is 2.38. The lowest BCUT2D eigenvalue weighted by Gasteiger charge is -2.12. The van der Waals surface area contributed by atoms with Crippen LogP contribution in [0.3, 0.4) is 0 Å². The summed E-state index contributed by atoms with van der Waals surface area (Å²) < 4.78 is 33.8. The van der Waals surface area contributed by atoms with Gasteiger partial charge in [0.05, 0.1) is 13.7 Å².